The van der Waals surface area contributed by atoms with Crippen molar-refractivity contribution in [3.8, 4) is 5.88 Å². The number of nitrogens with zero attached hydrogens (tertiary/aromatic N) is 1. The fourth-order valence-corrected chi connectivity index (χ4v) is 7.24. The SMILES string of the molecule is CC1(C)OCC2(CO1)CC(c1ccccc1C(F)(F)F)c1cc(COc3cc4c(cn3)C3C(C4)C3C(=O)O)ccc12. The van der Waals surface area contributed by atoms with Gasteiger partial charge in [-0.1, -0.05) is 36.4 Å². The number of hydrogen-bond acceptors (Lipinski definition) is 5. The van der Waals surface area contributed by atoms with Gasteiger partial charge in [0.05, 0.1) is 24.7 Å². The number of ether oxygens (including phenoxy) is 3. The van der Waals surface area contributed by atoms with E-state index in [0.29, 0.717) is 31.9 Å². The molecule has 2 aromatic carbocycles. The fourth-order valence-electron chi connectivity index (χ4n) is 7.24. The second kappa shape index (κ2) is 9.03. The molecule has 0 radical (unpaired) electrons. The molecule has 3 aliphatic carbocycles. The Morgan fingerprint density at radius 1 is 1.07 bits per heavy atom. The molecule has 4 aliphatic rings. The second-order valence-electron chi connectivity index (χ2n) is 12.3. The molecule has 1 spiro atoms. The standard InChI is InChI=1S/C32H30F3NO5/c1-30(2)40-15-31(16-41-30)12-22(19-5-3-4-6-25(19)32(33,34)35)20-9-17(7-8-24(20)31)14-39-26-11-18-10-21-27(23(18)13-36-26)28(21)29(37)38/h3-9,11,13,21-22,27-28H,10,12,14-16H2,1-2H3,(H,37,38). The summed E-state index contributed by atoms with van der Waals surface area (Å²) in [6, 6.07) is 13.5. The van der Waals surface area contributed by atoms with Crippen LogP contribution >= 0.6 is 0 Å². The van der Waals surface area contributed by atoms with E-state index in [1.54, 1.807) is 18.3 Å². The maximum absolute atomic E-state index is 14.1. The lowest BCUT2D eigenvalue weighted by Gasteiger charge is -2.42. The lowest BCUT2D eigenvalue weighted by Crippen LogP contribution is -2.48. The molecular weight excluding hydrogens is 535 g/mol. The van der Waals surface area contributed by atoms with E-state index in [-0.39, 0.29) is 29.9 Å². The molecule has 0 amide bonds. The van der Waals surface area contributed by atoms with Crippen LogP contribution in [-0.2, 0) is 38.9 Å². The maximum atomic E-state index is 14.1. The van der Waals surface area contributed by atoms with Crippen molar-refractivity contribution in [3.63, 3.8) is 0 Å². The Morgan fingerprint density at radius 3 is 2.56 bits per heavy atom. The van der Waals surface area contributed by atoms with Crippen LogP contribution in [0.15, 0.2) is 54.7 Å². The molecule has 1 N–H and O–H groups in total. The van der Waals surface area contributed by atoms with E-state index in [2.05, 4.69) is 4.98 Å². The van der Waals surface area contributed by atoms with Crippen molar-refractivity contribution in [2.75, 3.05) is 13.2 Å². The van der Waals surface area contributed by atoms with Crippen LogP contribution in [0.2, 0.25) is 0 Å². The molecule has 3 aromatic rings. The van der Waals surface area contributed by atoms with E-state index in [0.717, 1.165) is 33.9 Å². The van der Waals surface area contributed by atoms with Crippen molar-refractivity contribution in [1.29, 1.82) is 0 Å². The van der Waals surface area contributed by atoms with E-state index < -0.39 is 34.8 Å². The molecule has 4 atom stereocenters. The van der Waals surface area contributed by atoms with Gasteiger partial charge in [0.1, 0.15) is 6.61 Å². The number of aliphatic carboxylic acids is 1. The molecule has 1 aromatic heterocycles. The molecule has 214 valence electrons. The van der Waals surface area contributed by atoms with Gasteiger partial charge in [0.15, 0.2) is 5.79 Å². The molecule has 1 aliphatic heterocycles. The molecule has 4 unspecified atom stereocenters. The second-order valence-corrected chi connectivity index (χ2v) is 12.3. The van der Waals surface area contributed by atoms with E-state index in [1.807, 2.05) is 38.1 Å². The molecular formula is C32H30F3NO5. The summed E-state index contributed by atoms with van der Waals surface area (Å²) >= 11 is 0. The minimum Gasteiger partial charge on any atom is -0.481 e. The van der Waals surface area contributed by atoms with E-state index in [9.17, 15) is 23.1 Å². The number of hydrogen-bond donors (Lipinski definition) is 1. The Morgan fingerprint density at radius 2 is 1.83 bits per heavy atom. The Hall–Kier alpha value is -3.43. The van der Waals surface area contributed by atoms with Crippen molar-refractivity contribution < 1.29 is 37.3 Å². The largest absolute Gasteiger partial charge is 0.481 e. The van der Waals surface area contributed by atoms with Gasteiger partial charge in [0.2, 0.25) is 5.88 Å². The molecule has 9 heteroatoms. The zero-order valence-corrected chi connectivity index (χ0v) is 22.7. The number of carboxylic acid groups (broad SMARTS) is 1. The van der Waals surface area contributed by atoms with Crippen molar-refractivity contribution in [2.45, 2.75) is 62.5 Å². The topological polar surface area (TPSA) is 77.9 Å². The maximum Gasteiger partial charge on any atom is 0.416 e. The number of rotatable bonds is 5. The third-order valence-corrected chi connectivity index (χ3v) is 9.35. The average molecular weight is 566 g/mol. The number of halogens is 3. The van der Waals surface area contributed by atoms with Crippen molar-refractivity contribution >= 4 is 5.97 Å². The summed E-state index contributed by atoms with van der Waals surface area (Å²) in [7, 11) is 0. The molecule has 7 rings (SSSR count). The van der Waals surface area contributed by atoms with Crippen LogP contribution in [-0.4, -0.2) is 35.1 Å². The first-order valence-corrected chi connectivity index (χ1v) is 13.9. The predicted octanol–water partition coefficient (Wildman–Crippen LogP) is 6.21. The summed E-state index contributed by atoms with van der Waals surface area (Å²) in [4.78, 5) is 15.8. The molecule has 1 saturated carbocycles. The van der Waals surface area contributed by atoms with Gasteiger partial charge in [-0.2, -0.15) is 13.2 Å². The highest BCUT2D eigenvalue weighted by molar-refractivity contribution is 5.77. The van der Waals surface area contributed by atoms with Crippen molar-refractivity contribution in [2.24, 2.45) is 11.8 Å². The third kappa shape index (κ3) is 4.41. The third-order valence-electron chi connectivity index (χ3n) is 9.35. The van der Waals surface area contributed by atoms with Crippen LogP contribution in [0.3, 0.4) is 0 Å². The van der Waals surface area contributed by atoms with E-state index in [1.165, 1.54) is 6.07 Å². The Bertz CT molecular complexity index is 1540. The van der Waals surface area contributed by atoms with Gasteiger partial charge in [0.25, 0.3) is 0 Å². The Balaban J connectivity index is 1.18. The summed E-state index contributed by atoms with van der Waals surface area (Å²) < 4.78 is 60.3. The number of fused-ring (bicyclic) bond motifs is 5. The van der Waals surface area contributed by atoms with Crippen LogP contribution in [0.25, 0.3) is 0 Å². The highest BCUT2D eigenvalue weighted by Gasteiger charge is 2.60. The number of benzene rings is 2. The normalized spacial score (nSPS) is 26.8. The zero-order chi connectivity index (χ0) is 28.7. The molecule has 2 fully saturated rings. The van der Waals surface area contributed by atoms with Crippen molar-refractivity contribution in [1.82, 2.24) is 4.98 Å². The quantitative estimate of drug-likeness (QED) is 0.397. The van der Waals surface area contributed by atoms with Gasteiger partial charge in [-0.3, -0.25) is 4.79 Å². The minimum atomic E-state index is -4.47. The number of carboxylic acids is 1. The fraction of sp³-hybridized carbons (Fsp3) is 0.438. The van der Waals surface area contributed by atoms with Crippen LogP contribution in [0.5, 0.6) is 5.88 Å². The number of pyridine rings is 1. The minimum absolute atomic E-state index is 0.0444. The van der Waals surface area contributed by atoms with Gasteiger partial charge in [-0.25, -0.2) is 4.98 Å². The van der Waals surface area contributed by atoms with Gasteiger partial charge in [-0.15, -0.1) is 0 Å². The summed E-state index contributed by atoms with van der Waals surface area (Å²) in [6.45, 7) is 4.60. The van der Waals surface area contributed by atoms with Crippen LogP contribution in [0.4, 0.5) is 13.2 Å². The monoisotopic (exact) mass is 565 g/mol. The van der Waals surface area contributed by atoms with Gasteiger partial charge in [-0.05, 0) is 72.1 Å². The molecule has 41 heavy (non-hydrogen) atoms. The lowest BCUT2D eigenvalue weighted by molar-refractivity contribution is -0.269. The smallest absolute Gasteiger partial charge is 0.416 e. The van der Waals surface area contributed by atoms with Crippen LogP contribution < -0.4 is 4.74 Å². The first kappa shape index (κ1) is 26.5. The van der Waals surface area contributed by atoms with Gasteiger partial charge >= 0.3 is 12.1 Å². The summed E-state index contributed by atoms with van der Waals surface area (Å²) in [5.74, 6) is -1.67. The number of carbonyl (C=O) groups is 1. The summed E-state index contributed by atoms with van der Waals surface area (Å²) in [6.07, 6.45) is -1.60. The molecule has 1 saturated heterocycles. The van der Waals surface area contributed by atoms with Crippen LogP contribution in [0.1, 0.15) is 71.0 Å². The predicted molar refractivity (Wildman–Crippen MR) is 142 cm³/mol. The van der Waals surface area contributed by atoms with Gasteiger partial charge < -0.3 is 19.3 Å². The molecule has 6 nitrogen and oxygen atoms in total. The highest BCUT2D eigenvalue weighted by Crippen LogP contribution is 2.61. The first-order valence-electron chi connectivity index (χ1n) is 13.9. The highest BCUT2D eigenvalue weighted by atomic mass is 19.4. The number of alkyl halides is 3. The van der Waals surface area contributed by atoms with Crippen molar-refractivity contribution in [3.05, 3.63) is 93.7 Å². The van der Waals surface area contributed by atoms with Gasteiger partial charge in [0, 0.05) is 29.5 Å². The van der Waals surface area contributed by atoms with E-state index in [4.69, 9.17) is 14.2 Å². The summed E-state index contributed by atoms with van der Waals surface area (Å²) in [5, 5.41) is 9.35. The first-order chi connectivity index (χ1) is 19.5. The molecule has 2 heterocycles. The Kier molecular flexibility index (Phi) is 5.83. The lowest BCUT2D eigenvalue weighted by atomic mass is 9.81. The average Bonchev–Trinajstić information content (AvgIpc) is 3.39. The van der Waals surface area contributed by atoms with Crippen LogP contribution in [0, 0.1) is 11.8 Å². The summed E-state index contributed by atoms with van der Waals surface area (Å²) in [5.41, 5.74) is 3.73. The number of aromatic nitrogens is 1. The Labute approximate surface area is 235 Å². The zero-order valence-electron chi connectivity index (χ0n) is 22.7. The molecule has 0 bridgehead atoms. The van der Waals surface area contributed by atoms with E-state index >= 15 is 0 Å².